The van der Waals surface area contributed by atoms with Crippen LogP contribution in [0.1, 0.15) is 25.3 Å². The summed E-state index contributed by atoms with van der Waals surface area (Å²) in [7, 11) is 0. The van der Waals surface area contributed by atoms with Gasteiger partial charge in [-0.25, -0.2) is 0 Å². The molecule has 0 aromatic heterocycles. The molecule has 2 nitrogen and oxygen atoms in total. The third-order valence-corrected chi connectivity index (χ3v) is 3.68. The molecule has 0 amide bonds. The Kier molecular flexibility index (Phi) is 5.43. The van der Waals surface area contributed by atoms with Crippen LogP contribution in [0.25, 0.3) is 6.08 Å². The molecule has 18 heavy (non-hydrogen) atoms. The zero-order valence-electron chi connectivity index (χ0n) is 11.3. The number of benzene rings is 1. The van der Waals surface area contributed by atoms with Gasteiger partial charge in [0.1, 0.15) is 0 Å². The van der Waals surface area contributed by atoms with Crippen LogP contribution in [-0.2, 0) is 0 Å². The van der Waals surface area contributed by atoms with E-state index in [0.29, 0.717) is 0 Å². The number of nitrogens with one attached hydrogen (secondary N) is 1. The summed E-state index contributed by atoms with van der Waals surface area (Å²) in [5, 5.41) is 3.43. The van der Waals surface area contributed by atoms with E-state index in [2.05, 4.69) is 59.6 Å². The maximum absolute atomic E-state index is 3.43. The second-order valence-corrected chi connectivity index (χ2v) is 4.88. The fraction of sp³-hybridized carbons (Fsp3) is 0.500. The Hall–Kier alpha value is -1.12. The monoisotopic (exact) mass is 244 g/mol. The highest BCUT2D eigenvalue weighted by molar-refractivity contribution is 5.48. The molecule has 1 aliphatic rings. The van der Waals surface area contributed by atoms with Crippen LogP contribution in [0.3, 0.4) is 0 Å². The first-order valence-electron chi connectivity index (χ1n) is 7.06. The highest BCUT2D eigenvalue weighted by Crippen LogP contribution is 2.11. The molecule has 1 aromatic rings. The third-order valence-electron chi connectivity index (χ3n) is 3.68. The van der Waals surface area contributed by atoms with Crippen molar-refractivity contribution in [2.24, 2.45) is 0 Å². The summed E-state index contributed by atoms with van der Waals surface area (Å²) in [5.74, 6) is 0. The predicted molar refractivity (Wildman–Crippen MR) is 78.6 cm³/mol. The van der Waals surface area contributed by atoms with Crippen LogP contribution in [-0.4, -0.2) is 37.1 Å². The normalized spacial score (nSPS) is 17.7. The first-order chi connectivity index (χ1) is 8.90. The van der Waals surface area contributed by atoms with E-state index in [9.17, 15) is 0 Å². The van der Waals surface area contributed by atoms with Crippen LogP contribution < -0.4 is 5.32 Å². The molecule has 2 heteroatoms. The van der Waals surface area contributed by atoms with Gasteiger partial charge < -0.3 is 5.32 Å². The van der Waals surface area contributed by atoms with E-state index in [1.807, 2.05) is 0 Å². The topological polar surface area (TPSA) is 15.3 Å². The average molecular weight is 244 g/mol. The predicted octanol–water partition coefficient (Wildman–Crippen LogP) is 2.77. The van der Waals surface area contributed by atoms with E-state index in [1.54, 1.807) is 0 Å². The number of piperidine rings is 1. The maximum Gasteiger partial charge on any atom is 0.0169 e. The van der Waals surface area contributed by atoms with Crippen molar-refractivity contribution < 1.29 is 0 Å². The van der Waals surface area contributed by atoms with Gasteiger partial charge in [0, 0.05) is 12.6 Å². The quantitative estimate of drug-likeness (QED) is 0.857. The Labute approximate surface area is 111 Å². The Morgan fingerprint density at radius 1 is 1.22 bits per heavy atom. The van der Waals surface area contributed by atoms with Crippen LogP contribution in [0.4, 0.5) is 0 Å². The van der Waals surface area contributed by atoms with Crippen molar-refractivity contribution in [1.29, 1.82) is 0 Å². The molecule has 98 valence electrons. The molecule has 1 aromatic carbocycles. The number of rotatable bonds is 5. The second kappa shape index (κ2) is 7.34. The van der Waals surface area contributed by atoms with E-state index in [4.69, 9.17) is 0 Å². The molecule has 0 aliphatic carbocycles. The van der Waals surface area contributed by atoms with E-state index < -0.39 is 0 Å². The average Bonchev–Trinajstić information content (AvgIpc) is 2.46. The molecule has 1 aliphatic heterocycles. The summed E-state index contributed by atoms with van der Waals surface area (Å²) in [6.07, 6.45) is 7.09. The van der Waals surface area contributed by atoms with Crippen LogP contribution >= 0.6 is 0 Å². The first-order valence-corrected chi connectivity index (χ1v) is 7.06. The Morgan fingerprint density at radius 3 is 2.61 bits per heavy atom. The van der Waals surface area contributed by atoms with Crippen molar-refractivity contribution in [3.63, 3.8) is 0 Å². The lowest BCUT2D eigenvalue weighted by molar-refractivity contribution is 0.188. The van der Waals surface area contributed by atoms with Gasteiger partial charge in [0.15, 0.2) is 0 Å². The van der Waals surface area contributed by atoms with E-state index in [0.717, 1.165) is 19.1 Å². The molecule has 0 unspecified atom stereocenters. The van der Waals surface area contributed by atoms with Gasteiger partial charge in [-0.3, -0.25) is 4.90 Å². The fourth-order valence-corrected chi connectivity index (χ4v) is 2.60. The second-order valence-electron chi connectivity index (χ2n) is 4.88. The fourth-order valence-electron chi connectivity index (χ4n) is 2.60. The standard InChI is InChI=1S/C16H24N2/c1-2-18(16-10-12-17-13-11-16)14-6-9-15-7-4-3-5-8-15/h3-9,16-17H,2,10-14H2,1H3/b9-6+. The van der Waals surface area contributed by atoms with Gasteiger partial charge in [-0.15, -0.1) is 0 Å². The minimum absolute atomic E-state index is 0.761. The molecule has 0 saturated carbocycles. The lowest BCUT2D eigenvalue weighted by Crippen LogP contribution is -2.43. The van der Waals surface area contributed by atoms with Crippen LogP contribution in [0.15, 0.2) is 36.4 Å². The first kappa shape index (κ1) is 13.3. The van der Waals surface area contributed by atoms with E-state index in [1.165, 1.54) is 31.5 Å². The van der Waals surface area contributed by atoms with E-state index in [-0.39, 0.29) is 0 Å². The van der Waals surface area contributed by atoms with Crippen LogP contribution in [0, 0.1) is 0 Å². The molecular weight excluding hydrogens is 220 g/mol. The number of likely N-dealkylation sites (N-methyl/N-ethyl adjacent to an activating group) is 1. The van der Waals surface area contributed by atoms with Gasteiger partial charge in [0.2, 0.25) is 0 Å². The Balaban J connectivity index is 1.84. The van der Waals surface area contributed by atoms with Gasteiger partial charge in [0.05, 0.1) is 0 Å². The van der Waals surface area contributed by atoms with Gasteiger partial charge in [0.25, 0.3) is 0 Å². The highest BCUT2D eigenvalue weighted by Gasteiger charge is 2.18. The Morgan fingerprint density at radius 2 is 1.94 bits per heavy atom. The molecule has 0 bridgehead atoms. The molecule has 0 radical (unpaired) electrons. The number of hydrogen-bond donors (Lipinski definition) is 1. The SMILES string of the molecule is CCN(C/C=C/c1ccccc1)C1CCNCC1. The van der Waals surface area contributed by atoms with Crippen molar-refractivity contribution in [1.82, 2.24) is 10.2 Å². The number of hydrogen-bond acceptors (Lipinski definition) is 2. The summed E-state index contributed by atoms with van der Waals surface area (Å²) < 4.78 is 0. The van der Waals surface area contributed by atoms with Crippen molar-refractivity contribution in [3.05, 3.63) is 42.0 Å². The van der Waals surface area contributed by atoms with E-state index >= 15 is 0 Å². The molecule has 0 atom stereocenters. The number of nitrogens with zero attached hydrogens (tertiary/aromatic N) is 1. The van der Waals surface area contributed by atoms with Crippen molar-refractivity contribution in [2.75, 3.05) is 26.2 Å². The minimum Gasteiger partial charge on any atom is -0.317 e. The molecule has 1 N–H and O–H groups in total. The lowest BCUT2D eigenvalue weighted by atomic mass is 10.0. The largest absolute Gasteiger partial charge is 0.317 e. The lowest BCUT2D eigenvalue weighted by Gasteiger charge is -2.33. The summed E-state index contributed by atoms with van der Waals surface area (Å²) in [6, 6.07) is 11.3. The van der Waals surface area contributed by atoms with Gasteiger partial charge >= 0.3 is 0 Å². The van der Waals surface area contributed by atoms with Gasteiger partial charge in [-0.1, -0.05) is 49.4 Å². The van der Waals surface area contributed by atoms with Crippen LogP contribution in [0.5, 0.6) is 0 Å². The molecule has 2 rings (SSSR count). The molecule has 1 saturated heterocycles. The summed E-state index contributed by atoms with van der Waals surface area (Å²) >= 11 is 0. The molecular formula is C16H24N2. The van der Waals surface area contributed by atoms with Crippen LogP contribution in [0.2, 0.25) is 0 Å². The van der Waals surface area contributed by atoms with Gasteiger partial charge in [-0.2, -0.15) is 0 Å². The highest BCUT2D eigenvalue weighted by atomic mass is 15.2. The smallest absolute Gasteiger partial charge is 0.0169 e. The molecule has 1 heterocycles. The summed E-state index contributed by atoms with van der Waals surface area (Å²) in [4.78, 5) is 2.58. The van der Waals surface area contributed by atoms with Crippen molar-refractivity contribution in [3.8, 4) is 0 Å². The third kappa shape index (κ3) is 3.97. The minimum atomic E-state index is 0.761. The van der Waals surface area contributed by atoms with Gasteiger partial charge in [-0.05, 0) is 38.0 Å². The van der Waals surface area contributed by atoms with Crippen molar-refractivity contribution in [2.45, 2.75) is 25.8 Å². The Bertz CT molecular complexity index is 353. The summed E-state index contributed by atoms with van der Waals surface area (Å²) in [6.45, 7) is 6.81. The van der Waals surface area contributed by atoms with Crippen molar-refractivity contribution >= 4 is 6.08 Å². The zero-order chi connectivity index (χ0) is 12.6. The molecule has 0 spiro atoms. The summed E-state index contributed by atoms with van der Waals surface area (Å²) in [5.41, 5.74) is 1.29. The zero-order valence-corrected chi connectivity index (χ0v) is 11.3. The molecule has 1 fully saturated rings. The maximum atomic E-state index is 3.43.